The molecule has 82 valence electrons. The van der Waals surface area contributed by atoms with Crippen LogP contribution in [0.15, 0.2) is 18.3 Å². The Kier molecular flexibility index (Phi) is 2.79. The Labute approximate surface area is 92.1 Å². The molecule has 0 radical (unpaired) electrons. The third-order valence-electron chi connectivity index (χ3n) is 3.65. The number of likely N-dealkylation sites (N-methyl/N-ethyl adjacent to an activating group) is 1. The average Bonchev–Trinajstić information content (AvgIpc) is 2.23. The van der Waals surface area contributed by atoms with Gasteiger partial charge in [0.05, 0.1) is 0 Å². The van der Waals surface area contributed by atoms with Crippen LogP contribution in [0.3, 0.4) is 0 Å². The lowest BCUT2D eigenvalue weighted by Gasteiger charge is -2.39. The second kappa shape index (κ2) is 3.93. The standard InChI is InChI=1S/C13H20N2/c1-13(2)7-6-10-5-4-8-15-12(10)11(13)9-14-3/h4-5,8,11,14H,6-7,9H2,1-3H3. The minimum atomic E-state index is 0.365. The molecule has 2 heteroatoms. The molecule has 0 aliphatic heterocycles. The number of rotatable bonds is 2. The summed E-state index contributed by atoms with van der Waals surface area (Å²) in [4.78, 5) is 4.57. The van der Waals surface area contributed by atoms with Crippen LogP contribution in [-0.2, 0) is 6.42 Å². The Morgan fingerprint density at radius 2 is 2.33 bits per heavy atom. The molecule has 1 atom stereocenters. The average molecular weight is 204 g/mol. The van der Waals surface area contributed by atoms with E-state index in [2.05, 4.69) is 30.2 Å². The van der Waals surface area contributed by atoms with Crippen molar-refractivity contribution in [2.75, 3.05) is 13.6 Å². The number of hydrogen-bond donors (Lipinski definition) is 1. The van der Waals surface area contributed by atoms with Gasteiger partial charge in [0, 0.05) is 24.4 Å². The molecular weight excluding hydrogens is 184 g/mol. The molecule has 1 aromatic heterocycles. The maximum atomic E-state index is 4.57. The second-order valence-corrected chi connectivity index (χ2v) is 5.15. The van der Waals surface area contributed by atoms with Gasteiger partial charge in [-0.3, -0.25) is 4.98 Å². The topological polar surface area (TPSA) is 24.9 Å². The van der Waals surface area contributed by atoms with Gasteiger partial charge < -0.3 is 5.32 Å². The van der Waals surface area contributed by atoms with Gasteiger partial charge in [-0.05, 0) is 36.9 Å². The Hall–Kier alpha value is -0.890. The smallest absolute Gasteiger partial charge is 0.0484 e. The zero-order valence-corrected chi connectivity index (χ0v) is 9.88. The maximum absolute atomic E-state index is 4.57. The Balaban J connectivity index is 2.39. The second-order valence-electron chi connectivity index (χ2n) is 5.15. The van der Waals surface area contributed by atoms with Crippen molar-refractivity contribution in [3.63, 3.8) is 0 Å². The predicted octanol–water partition coefficient (Wildman–Crippen LogP) is 2.36. The van der Waals surface area contributed by atoms with Crippen LogP contribution in [0.5, 0.6) is 0 Å². The van der Waals surface area contributed by atoms with E-state index >= 15 is 0 Å². The van der Waals surface area contributed by atoms with Crippen molar-refractivity contribution in [1.82, 2.24) is 10.3 Å². The minimum Gasteiger partial charge on any atom is -0.319 e. The van der Waals surface area contributed by atoms with Crippen LogP contribution in [0.4, 0.5) is 0 Å². The molecule has 1 aromatic rings. The highest BCUT2D eigenvalue weighted by Gasteiger charge is 2.35. The molecule has 0 bridgehead atoms. The Bertz CT molecular complexity index is 344. The van der Waals surface area contributed by atoms with Crippen molar-refractivity contribution >= 4 is 0 Å². The number of aryl methyl sites for hydroxylation is 1. The highest BCUT2D eigenvalue weighted by Crippen LogP contribution is 2.43. The van der Waals surface area contributed by atoms with Crippen molar-refractivity contribution in [3.05, 3.63) is 29.6 Å². The molecule has 1 N–H and O–H groups in total. The molecule has 1 aliphatic carbocycles. The van der Waals surface area contributed by atoms with Gasteiger partial charge in [-0.15, -0.1) is 0 Å². The third kappa shape index (κ3) is 1.91. The van der Waals surface area contributed by atoms with Crippen LogP contribution < -0.4 is 5.32 Å². The zero-order valence-electron chi connectivity index (χ0n) is 9.88. The van der Waals surface area contributed by atoms with Gasteiger partial charge in [-0.25, -0.2) is 0 Å². The predicted molar refractivity (Wildman–Crippen MR) is 63.0 cm³/mol. The molecule has 0 fully saturated rings. The van der Waals surface area contributed by atoms with Crippen molar-refractivity contribution in [3.8, 4) is 0 Å². The van der Waals surface area contributed by atoms with Crippen molar-refractivity contribution in [2.24, 2.45) is 5.41 Å². The van der Waals surface area contributed by atoms with E-state index in [-0.39, 0.29) is 0 Å². The van der Waals surface area contributed by atoms with E-state index in [0.717, 1.165) is 6.54 Å². The van der Waals surface area contributed by atoms with Gasteiger partial charge in [0.2, 0.25) is 0 Å². The first-order chi connectivity index (χ1) is 7.15. The first kappa shape index (κ1) is 10.6. The number of nitrogens with one attached hydrogen (secondary N) is 1. The highest BCUT2D eigenvalue weighted by atomic mass is 14.8. The van der Waals surface area contributed by atoms with Gasteiger partial charge in [0.25, 0.3) is 0 Å². The van der Waals surface area contributed by atoms with Crippen LogP contribution in [0.2, 0.25) is 0 Å². The summed E-state index contributed by atoms with van der Waals surface area (Å²) in [7, 11) is 2.02. The summed E-state index contributed by atoms with van der Waals surface area (Å²) in [6.45, 7) is 5.73. The van der Waals surface area contributed by atoms with E-state index in [9.17, 15) is 0 Å². The molecule has 0 saturated carbocycles. The normalized spacial score (nSPS) is 23.5. The van der Waals surface area contributed by atoms with Crippen LogP contribution >= 0.6 is 0 Å². The highest BCUT2D eigenvalue weighted by molar-refractivity contribution is 5.28. The third-order valence-corrected chi connectivity index (χ3v) is 3.65. The van der Waals surface area contributed by atoms with E-state index < -0.39 is 0 Å². The SMILES string of the molecule is CNCC1c2ncccc2CCC1(C)C. The molecule has 0 amide bonds. The lowest BCUT2D eigenvalue weighted by molar-refractivity contribution is 0.236. The summed E-state index contributed by atoms with van der Waals surface area (Å²) in [5.41, 5.74) is 3.12. The summed E-state index contributed by atoms with van der Waals surface area (Å²) >= 11 is 0. The number of nitrogens with zero attached hydrogens (tertiary/aromatic N) is 1. The lowest BCUT2D eigenvalue weighted by atomic mass is 9.68. The first-order valence-corrected chi connectivity index (χ1v) is 5.73. The molecular formula is C13H20N2. The Morgan fingerprint density at radius 1 is 1.53 bits per heavy atom. The molecule has 0 aromatic carbocycles. The van der Waals surface area contributed by atoms with Crippen LogP contribution in [0, 0.1) is 5.41 Å². The van der Waals surface area contributed by atoms with Gasteiger partial charge >= 0.3 is 0 Å². The molecule has 1 unspecified atom stereocenters. The summed E-state index contributed by atoms with van der Waals surface area (Å²) < 4.78 is 0. The quantitative estimate of drug-likeness (QED) is 0.800. The number of aromatic nitrogens is 1. The number of hydrogen-bond acceptors (Lipinski definition) is 2. The van der Waals surface area contributed by atoms with E-state index in [4.69, 9.17) is 0 Å². The van der Waals surface area contributed by atoms with Crippen molar-refractivity contribution < 1.29 is 0 Å². The monoisotopic (exact) mass is 204 g/mol. The van der Waals surface area contributed by atoms with E-state index in [1.54, 1.807) is 0 Å². The van der Waals surface area contributed by atoms with Gasteiger partial charge in [0.1, 0.15) is 0 Å². The summed E-state index contributed by atoms with van der Waals surface area (Å²) in [5.74, 6) is 0.549. The first-order valence-electron chi connectivity index (χ1n) is 5.73. The number of fused-ring (bicyclic) bond motifs is 1. The summed E-state index contributed by atoms with van der Waals surface area (Å²) in [6.07, 6.45) is 4.36. The fourth-order valence-electron chi connectivity index (χ4n) is 2.55. The van der Waals surface area contributed by atoms with E-state index in [1.165, 1.54) is 24.1 Å². The molecule has 15 heavy (non-hydrogen) atoms. The molecule has 0 spiro atoms. The van der Waals surface area contributed by atoms with Gasteiger partial charge in [0.15, 0.2) is 0 Å². The fourth-order valence-corrected chi connectivity index (χ4v) is 2.55. The van der Waals surface area contributed by atoms with Crippen LogP contribution in [0.1, 0.15) is 37.4 Å². The van der Waals surface area contributed by atoms with Gasteiger partial charge in [-0.2, -0.15) is 0 Å². The Morgan fingerprint density at radius 3 is 3.07 bits per heavy atom. The van der Waals surface area contributed by atoms with E-state index in [0.29, 0.717) is 11.3 Å². The summed E-state index contributed by atoms with van der Waals surface area (Å²) in [5, 5.41) is 3.29. The maximum Gasteiger partial charge on any atom is 0.0484 e. The number of pyridine rings is 1. The largest absolute Gasteiger partial charge is 0.319 e. The van der Waals surface area contributed by atoms with Crippen LogP contribution in [0.25, 0.3) is 0 Å². The minimum absolute atomic E-state index is 0.365. The van der Waals surface area contributed by atoms with Gasteiger partial charge in [-0.1, -0.05) is 19.9 Å². The fraction of sp³-hybridized carbons (Fsp3) is 0.615. The lowest BCUT2D eigenvalue weighted by Crippen LogP contribution is -2.35. The molecule has 2 nitrogen and oxygen atoms in total. The van der Waals surface area contributed by atoms with Crippen molar-refractivity contribution in [2.45, 2.75) is 32.6 Å². The van der Waals surface area contributed by atoms with E-state index in [1.807, 2.05) is 19.3 Å². The van der Waals surface area contributed by atoms with Crippen LogP contribution in [-0.4, -0.2) is 18.6 Å². The molecule has 0 saturated heterocycles. The van der Waals surface area contributed by atoms with Crippen molar-refractivity contribution in [1.29, 1.82) is 0 Å². The molecule has 2 rings (SSSR count). The molecule has 1 aliphatic rings. The molecule has 1 heterocycles. The summed E-state index contributed by atoms with van der Waals surface area (Å²) in [6, 6.07) is 4.27. The zero-order chi connectivity index (χ0) is 10.9.